The maximum atomic E-state index is 11.8. The minimum atomic E-state index is -0.240. The predicted octanol–water partition coefficient (Wildman–Crippen LogP) is 3.09. The van der Waals surface area contributed by atoms with E-state index >= 15 is 0 Å². The van der Waals surface area contributed by atoms with E-state index in [-0.39, 0.29) is 5.97 Å². The quantitative estimate of drug-likeness (QED) is 0.780. The Hall–Kier alpha value is -1.35. The lowest BCUT2D eigenvalue weighted by molar-refractivity contribution is 0.0597. The number of benzene rings is 1. The van der Waals surface area contributed by atoms with Crippen molar-refractivity contribution in [1.29, 1.82) is 0 Å². The molecule has 1 unspecified atom stereocenters. The van der Waals surface area contributed by atoms with Crippen molar-refractivity contribution in [1.82, 2.24) is 4.90 Å². The van der Waals surface area contributed by atoms with Gasteiger partial charge in [0, 0.05) is 12.6 Å². The molecule has 3 heteroatoms. The van der Waals surface area contributed by atoms with Gasteiger partial charge in [-0.2, -0.15) is 0 Å². The number of nitrogens with zero attached hydrogens (tertiary/aromatic N) is 1. The zero-order chi connectivity index (χ0) is 13.8. The molecule has 0 aromatic heterocycles. The molecule has 0 bridgehead atoms. The van der Waals surface area contributed by atoms with Crippen LogP contribution in [0.25, 0.3) is 0 Å². The highest BCUT2D eigenvalue weighted by atomic mass is 16.5. The number of carbonyl (C=O) groups is 1. The molecular weight excluding hydrogens is 238 g/mol. The summed E-state index contributed by atoms with van der Waals surface area (Å²) in [4.78, 5) is 14.3. The van der Waals surface area contributed by atoms with Crippen LogP contribution in [-0.2, 0) is 11.3 Å². The van der Waals surface area contributed by atoms with Crippen LogP contribution in [-0.4, -0.2) is 30.6 Å². The van der Waals surface area contributed by atoms with Gasteiger partial charge in [-0.15, -0.1) is 0 Å². The van der Waals surface area contributed by atoms with Crippen LogP contribution in [0.3, 0.4) is 0 Å². The van der Waals surface area contributed by atoms with Gasteiger partial charge in [0.1, 0.15) is 0 Å². The molecule has 0 spiro atoms. The molecule has 19 heavy (non-hydrogen) atoms. The number of rotatable bonds is 4. The topological polar surface area (TPSA) is 29.5 Å². The summed E-state index contributed by atoms with van der Waals surface area (Å²) in [6.07, 6.45) is 2.52. The van der Waals surface area contributed by atoms with Gasteiger partial charge in [0.25, 0.3) is 0 Å². The second kappa shape index (κ2) is 6.20. The Bertz CT molecular complexity index is 442. The van der Waals surface area contributed by atoms with Crippen LogP contribution in [0.4, 0.5) is 0 Å². The highest BCUT2D eigenvalue weighted by Gasteiger charge is 2.27. The fourth-order valence-corrected chi connectivity index (χ4v) is 2.99. The fourth-order valence-electron chi connectivity index (χ4n) is 2.99. The molecule has 2 rings (SSSR count). The number of likely N-dealkylation sites (tertiary alicyclic amines) is 1. The van der Waals surface area contributed by atoms with E-state index in [1.165, 1.54) is 20.0 Å². The molecular formula is C16H23NO2. The standard InChI is InChI=1S/C16H23NO2/c1-12(2)15-9-6-10-17(15)11-13-7-4-5-8-14(13)16(18)19-3/h4-5,7-8,12,15H,6,9-11H2,1-3H3. The minimum Gasteiger partial charge on any atom is -0.465 e. The molecule has 0 radical (unpaired) electrons. The van der Waals surface area contributed by atoms with E-state index < -0.39 is 0 Å². The molecule has 1 fully saturated rings. The monoisotopic (exact) mass is 261 g/mol. The summed E-state index contributed by atoms with van der Waals surface area (Å²) in [6.45, 7) is 6.51. The summed E-state index contributed by atoms with van der Waals surface area (Å²) in [5, 5.41) is 0. The van der Waals surface area contributed by atoms with Crippen molar-refractivity contribution in [2.75, 3.05) is 13.7 Å². The number of ether oxygens (including phenoxy) is 1. The van der Waals surface area contributed by atoms with Gasteiger partial charge in [-0.1, -0.05) is 32.0 Å². The highest BCUT2D eigenvalue weighted by Crippen LogP contribution is 2.26. The highest BCUT2D eigenvalue weighted by molar-refractivity contribution is 5.90. The molecule has 0 amide bonds. The van der Waals surface area contributed by atoms with Crippen LogP contribution in [0.15, 0.2) is 24.3 Å². The first-order chi connectivity index (χ1) is 9.13. The number of carbonyl (C=O) groups excluding carboxylic acids is 1. The SMILES string of the molecule is COC(=O)c1ccccc1CN1CCCC1C(C)C. The Balaban J connectivity index is 2.17. The van der Waals surface area contributed by atoms with Crippen molar-refractivity contribution < 1.29 is 9.53 Å². The maximum Gasteiger partial charge on any atom is 0.338 e. The molecule has 1 saturated heterocycles. The van der Waals surface area contributed by atoms with Crippen molar-refractivity contribution in [3.8, 4) is 0 Å². The number of methoxy groups -OCH3 is 1. The summed E-state index contributed by atoms with van der Waals surface area (Å²) in [5.74, 6) is 0.420. The Labute approximate surface area is 115 Å². The van der Waals surface area contributed by atoms with E-state index in [0.717, 1.165) is 18.7 Å². The Morgan fingerprint density at radius 3 is 2.84 bits per heavy atom. The van der Waals surface area contributed by atoms with Gasteiger partial charge in [-0.05, 0) is 36.9 Å². The fraction of sp³-hybridized carbons (Fsp3) is 0.562. The van der Waals surface area contributed by atoms with Crippen molar-refractivity contribution in [2.24, 2.45) is 5.92 Å². The maximum absolute atomic E-state index is 11.8. The summed E-state index contributed by atoms with van der Waals surface area (Å²) in [5.41, 5.74) is 1.77. The lowest BCUT2D eigenvalue weighted by Crippen LogP contribution is -2.33. The molecule has 3 nitrogen and oxygen atoms in total. The van der Waals surface area contributed by atoms with Crippen LogP contribution in [0, 0.1) is 5.92 Å². The van der Waals surface area contributed by atoms with E-state index in [1.54, 1.807) is 0 Å². The average Bonchev–Trinajstić information content (AvgIpc) is 2.87. The Kier molecular flexibility index (Phi) is 4.59. The molecule has 1 atom stereocenters. The van der Waals surface area contributed by atoms with Crippen molar-refractivity contribution in [2.45, 2.75) is 39.3 Å². The normalized spacial score (nSPS) is 19.9. The lowest BCUT2D eigenvalue weighted by Gasteiger charge is -2.28. The lowest BCUT2D eigenvalue weighted by atomic mass is 10.0. The molecule has 0 N–H and O–H groups in total. The van der Waals surface area contributed by atoms with Crippen molar-refractivity contribution >= 4 is 5.97 Å². The minimum absolute atomic E-state index is 0.240. The largest absolute Gasteiger partial charge is 0.465 e. The summed E-state index contributed by atoms with van der Waals surface area (Å²) in [6, 6.07) is 8.39. The van der Waals surface area contributed by atoms with Crippen molar-refractivity contribution in [3.05, 3.63) is 35.4 Å². The van der Waals surface area contributed by atoms with Crippen LogP contribution in [0.5, 0.6) is 0 Å². The first-order valence-electron chi connectivity index (χ1n) is 7.03. The van der Waals surface area contributed by atoms with Gasteiger partial charge >= 0.3 is 5.97 Å². The van der Waals surface area contributed by atoms with Crippen LogP contribution in [0.2, 0.25) is 0 Å². The second-order valence-corrected chi connectivity index (χ2v) is 5.57. The van der Waals surface area contributed by atoms with Crippen LogP contribution in [0.1, 0.15) is 42.6 Å². The van der Waals surface area contributed by atoms with Gasteiger partial charge in [0.2, 0.25) is 0 Å². The van der Waals surface area contributed by atoms with E-state index in [4.69, 9.17) is 4.74 Å². The van der Waals surface area contributed by atoms with E-state index in [2.05, 4.69) is 18.7 Å². The first kappa shape index (κ1) is 14.1. The molecule has 0 aliphatic carbocycles. The zero-order valence-electron chi connectivity index (χ0n) is 12.1. The van der Waals surface area contributed by atoms with Crippen LogP contribution < -0.4 is 0 Å². The van der Waals surface area contributed by atoms with E-state index in [1.807, 2.05) is 24.3 Å². The number of esters is 1. The number of hydrogen-bond donors (Lipinski definition) is 0. The third-order valence-electron chi connectivity index (χ3n) is 3.98. The molecule has 1 aliphatic rings. The second-order valence-electron chi connectivity index (χ2n) is 5.57. The smallest absolute Gasteiger partial charge is 0.338 e. The molecule has 1 aromatic rings. The van der Waals surface area contributed by atoms with Crippen molar-refractivity contribution in [3.63, 3.8) is 0 Å². The zero-order valence-corrected chi connectivity index (χ0v) is 12.1. The predicted molar refractivity (Wildman–Crippen MR) is 76.1 cm³/mol. The van der Waals surface area contributed by atoms with Crippen LogP contribution >= 0.6 is 0 Å². The van der Waals surface area contributed by atoms with E-state index in [0.29, 0.717) is 17.5 Å². The summed E-state index contributed by atoms with van der Waals surface area (Å²) < 4.78 is 4.86. The molecule has 104 valence electrons. The van der Waals surface area contributed by atoms with Gasteiger partial charge in [0.05, 0.1) is 12.7 Å². The van der Waals surface area contributed by atoms with Gasteiger partial charge in [-0.3, -0.25) is 4.90 Å². The third-order valence-corrected chi connectivity index (χ3v) is 3.98. The summed E-state index contributed by atoms with van der Waals surface area (Å²) >= 11 is 0. The average molecular weight is 261 g/mol. The molecule has 1 heterocycles. The Morgan fingerprint density at radius 1 is 1.42 bits per heavy atom. The first-order valence-corrected chi connectivity index (χ1v) is 7.03. The Morgan fingerprint density at radius 2 is 2.16 bits per heavy atom. The number of hydrogen-bond acceptors (Lipinski definition) is 3. The van der Waals surface area contributed by atoms with Gasteiger partial charge in [0.15, 0.2) is 0 Å². The van der Waals surface area contributed by atoms with E-state index in [9.17, 15) is 4.79 Å². The van der Waals surface area contributed by atoms with Gasteiger partial charge < -0.3 is 4.74 Å². The molecule has 0 saturated carbocycles. The summed E-state index contributed by atoms with van der Waals surface area (Å²) in [7, 11) is 1.44. The van der Waals surface area contributed by atoms with Gasteiger partial charge in [-0.25, -0.2) is 4.79 Å². The molecule has 1 aromatic carbocycles. The third kappa shape index (κ3) is 3.16. The molecule has 1 aliphatic heterocycles.